The van der Waals surface area contributed by atoms with Crippen molar-refractivity contribution in [3.8, 4) is 0 Å². The van der Waals surface area contributed by atoms with Crippen LogP contribution in [-0.4, -0.2) is 23.2 Å². The molecule has 3 aromatic rings. The van der Waals surface area contributed by atoms with Crippen LogP contribution >= 0.6 is 0 Å². The van der Waals surface area contributed by atoms with Crippen molar-refractivity contribution in [2.45, 2.75) is 24.8 Å². The maximum atomic E-state index is 13.4. The minimum atomic E-state index is -3.90. The van der Waals surface area contributed by atoms with Crippen LogP contribution in [0.1, 0.15) is 11.3 Å². The summed E-state index contributed by atoms with van der Waals surface area (Å²) in [4.78, 5) is 4.13. The zero-order valence-corrected chi connectivity index (χ0v) is 14.4. The summed E-state index contributed by atoms with van der Waals surface area (Å²) in [5, 5.41) is 4.19. The first-order valence-electron chi connectivity index (χ1n) is 7.66. The number of sulfonamides is 1. The van der Waals surface area contributed by atoms with Gasteiger partial charge in [-0.2, -0.15) is 5.10 Å². The predicted molar refractivity (Wildman–Crippen MR) is 92.1 cm³/mol. The number of anilines is 1. The van der Waals surface area contributed by atoms with E-state index in [0.717, 1.165) is 11.8 Å². The van der Waals surface area contributed by atoms with Crippen LogP contribution in [0.3, 0.4) is 0 Å². The molecule has 0 spiro atoms. The SMILES string of the molecule is Cc1ccc(F)cc1S(=O)(=O)Nc1ccn(CCc2ccccn2)n1. The van der Waals surface area contributed by atoms with Crippen molar-refractivity contribution in [2.24, 2.45) is 0 Å². The number of hydrogen-bond acceptors (Lipinski definition) is 4. The van der Waals surface area contributed by atoms with Crippen LogP contribution in [0.4, 0.5) is 10.2 Å². The van der Waals surface area contributed by atoms with Gasteiger partial charge in [-0.25, -0.2) is 12.8 Å². The zero-order chi connectivity index (χ0) is 17.9. The third-order valence-corrected chi connectivity index (χ3v) is 5.14. The molecule has 0 radical (unpaired) electrons. The maximum Gasteiger partial charge on any atom is 0.263 e. The van der Waals surface area contributed by atoms with Gasteiger partial charge in [0.25, 0.3) is 10.0 Å². The van der Waals surface area contributed by atoms with Crippen LogP contribution in [0.2, 0.25) is 0 Å². The third kappa shape index (κ3) is 4.21. The number of pyridine rings is 1. The summed E-state index contributed by atoms with van der Waals surface area (Å²) in [5.74, 6) is -0.420. The number of rotatable bonds is 6. The van der Waals surface area contributed by atoms with Gasteiger partial charge in [-0.1, -0.05) is 12.1 Å². The number of aryl methyl sites for hydroxylation is 3. The molecule has 0 amide bonds. The summed E-state index contributed by atoms with van der Waals surface area (Å²) in [6.07, 6.45) is 4.08. The number of benzene rings is 1. The molecule has 0 aliphatic rings. The molecule has 0 aliphatic carbocycles. The molecule has 0 saturated carbocycles. The van der Waals surface area contributed by atoms with Gasteiger partial charge >= 0.3 is 0 Å². The molecule has 0 atom stereocenters. The lowest BCUT2D eigenvalue weighted by Crippen LogP contribution is -2.15. The van der Waals surface area contributed by atoms with Crippen molar-refractivity contribution in [2.75, 3.05) is 4.72 Å². The number of nitrogens with one attached hydrogen (secondary N) is 1. The Morgan fingerprint density at radius 2 is 2.04 bits per heavy atom. The molecule has 0 unspecified atom stereocenters. The van der Waals surface area contributed by atoms with Gasteiger partial charge in [-0.15, -0.1) is 0 Å². The molecule has 6 nitrogen and oxygen atoms in total. The first-order chi connectivity index (χ1) is 11.9. The highest BCUT2D eigenvalue weighted by molar-refractivity contribution is 7.92. The Morgan fingerprint density at radius 1 is 1.20 bits per heavy atom. The lowest BCUT2D eigenvalue weighted by Gasteiger charge is -2.08. The third-order valence-electron chi connectivity index (χ3n) is 3.64. The van der Waals surface area contributed by atoms with Gasteiger partial charge in [0.1, 0.15) is 5.82 Å². The van der Waals surface area contributed by atoms with Gasteiger partial charge in [0.05, 0.1) is 4.90 Å². The minimum absolute atomic E-state index is 0.101. The molecular formula is C17H17FN4O2S. The quantitative estimate of drug-likeness (QED) is 0.733. The monoisotopic (exact) mass is 360 g/mol. The fraction of sp³-hybridized carbons (Fsp3) is 0.176. The number of aromatic nitrogens is 3. The summed E-state index contributed by atoms with van der Waals surface area (Å²) in [5.41, 5.74) is 1.39. The molecule has 130 valence electrons. The van der Waals surface area contributed by atoms with Crippen LogP contribution in [0.25, 0.3) is 0 Å². The molecule has 25 heavy (non-hydrogen) atoms. The van der Waals surface area contributed by atoms with E-state index in [-0.39, 0.29) is 10.7 Å². The van der Waals surface area contributed by atoms with Crippen LogP contribution in [0, 0.1) is 12.7 Å². The summed E-state index contributed by atoms with van der Waals surface area (Å²) in [6.45, 7) is 2.18. The predicted octanol–water partition coefficient (Wildman–Crippen LogP) is 2.77. The van der Waals surface area contributed by atoms with E-state index in [2.05, 4.69) is 14.8 Å². The Kier molecular flexibility index (Phi) is 4.80. The fourth-order valence-corrected chi connectivity index (χ4v) is 3.63. The topological polar surface area (TPSA) is 76.9 Å². The molecule has 3 rings (SSSR count). The molecule has 8 heteroatoms. The zero-order valence-electron chi connectivity index (χ0n) is 13.6. The second kappa shape index (κ2) is 7.02. The summed E-state index contributed by atoms with van der Waals surface area (Å²) >= 11 is 0. The van der Waals surface area contributed by atoms with E-state index in [4.69, 9.17) is 0 Å². The Bertz CT molecular complexity index is 971. The molecular weight excluding hydrogens is 343 g/mol. The molecule has 0 bridgehead atoms. The molecule has 2 heterocycles. The van der Waals surface area contributed by atoms with E-state index in [1.807, 2.05) is 18.2 Å². The fourth-order valence-electron chi connectivity index (χ4n) is 2.37. The standard InChI is InChI=1S/C17H17FN4O2S/c1-13-5-6-14(18)12-16(13)25(23,24)21-17-8-11-22(20-17)10-7-15-4-2-3-9-19-15/h2-6,8-9,11-12H,7,10H2,1H3,(H,20,21). The second-order valence-electron chi connectivity index (χ2n) is 5.55. The van der Waals surface area contributed by atoms with E-state index >= 15 is 0 Å². The molecule has 0 saturated heterocycles. The highest BCUT2D eigenvalue weighted by Crippen LogP contribution is 2.19. The average Bonchev–Trinajstić information content (AvgIpc) is 3.03. The molecule has 0 fully saturated rings. The maximum absolute atomic E-state index is 13.4. The van der Waals surface area contributed by atoms with E-state index in [1.54, 1.807) is 30.1 Å². The molecule has 1 aromatic carbocycles. The van der Waals surface area contributed by atoms with Crippen LogP contribution < -0.4 is 4.72 Å². The Balaban J connectivity index is 1.71. The van der Waals surface area contributed by atoms with Crippen LogP contribution in [-0.2, 0) is 23.0 Å². The average molecular weight is 360 g/mol. The smallest absolute Gasteiger partial charge is 0.263 e. The van der Waals surface area contributed by atoms with Crippen molar-refractivity contribution in [3.63, 3.8) is 0 Å². The van der Waals surface area contributed by atoms with Crippen molar-refractivity contribution >= 4 is 15.8 Å². The first-order valence-corrected chi connectivity index (χ1v) is 9.15. The van der Waals surface area contributed by atoms with E-state index in [9.17, 15) is 12.8 Å². The van der Waals surface area contributed by atoms with Gasteiger partial charge in [0.15, 0.2) is 5.82 Å². The number of hydrogen-bond donors (Lipinski definition) is 1. The largest absolute Gasteiger partial charge is 0.270 e. The summed E-state index contributed by atoms with van der Waals surface area (Å²) in [6, 6.07) is 10.9. The van der Waals surface area contributed by atoms with Crippen molar-refractivity contribution in [1.29, 1.82) is 0 Å². The lowest BCUT2D eigenvalue weighted by atomic mass is 10.2. The minimum Gasteiger partial charge on any atom is -0.270 e. The second-order valence-corrected chi connectivity index (χ2v) is 7.20. The molecule has 1 N–H and O–H groups in total. The van der Waals surface area contributed by atoms with Gasteiger partial charge < -0.3 is 0 Å². The molecule has 0 aliphatic heterocycles. The Morgan fingerprint density at radius 3 is 2.80 bits per heavy atom. The lowest BCUT2D eigenvalue weighted by molar-refractivity contribution is 0.592. The van der Waals surface area contributed by atoms with Crippen molar-refractivity contribution < 1.29 is 12.8 Å². The Labute approximate surface area is 145 Å². The highest BCUT2D eigenvalue weighted by atomic mass is 32.2. The van der Waals surface area contributed by atoms with Crippen LogP contribution in [0.15, 0.2) is 59.8 Å². The first kappa shape index (κ1) is 17.1. The van der Waals surface area contributed by atoms with Gasteiger partial charge in [-0.3, -0.25) is 14.4 Å². The number of halogens is 1. The Hall–Kier alpha value is -2.74. The highest BCUT2D eigenvalue weighted by Gasteiger charge is 2.19. The summed E-state index contributed by atoms with van der Waals surface area (Å²) < 4.78 is 42.2. The van der Waals surface area contributed by atoms with E-state index in [1.165, 1.54) is 12.1 Å². The molecule has 2 aromatic heterocycles. The normalized spacial score (nSPS) is 11.4. The van der Waals surface area contributed by atoms with Crippen molar-refractivity contribution in [3.05, 3.63) is 71.9 Å². The van der Waals surface area contributed by atoms with Gasteiger partial charge in [-0.05, 0) is 36.8 Å². The van der Waals surface area contributed by atoms with E-state index in [0.29, 0.717) is 18.5 Å². The van der Waals surface area contributed by atoms with Crippen molar-refractivity contribution in [1.82, 2.24) is 14.8 Å². The van der Waals surface area contributed by atoms with Gasteiger partial charge in [0.2, 0.25) is 0 Å². The number of nitrogens with zero attached hydrogens (tertiary/aromatic N) is 3. The van der Waals surface area contributed by atoms with Gasteiger partial charge in [0, 0.05) is 37.1 Å². The van der Waals surface area contributed by atoms with E-state index < -0.39 is 15.8 Å². The summed E-state index contributed by atoms with van der Waals surface area (Å²) in [7, 11) is -3.90. The van der Waals surface area contributed by atoms with Crippen LogP contribution in [0.5, 0.6) is 0 Å².